The highest BCUT2D eigenvalue weighted by Crippen LogP contribution is 2.30. The average Bonchev–Trinajstić information content (AvgIpc) is 3.47. The zero-order valence-electron chi connectivity index (χ0n) is 15.0. The maximum atomic E-state index is 12.4. The van der Waals surface area contributed by atoms with Gasteiger partial charge in [-0.25, -0.2) is 13.1 Å². The van der Waals surface area contributed by atoms with Gasteiger partial charge in [0.1, 0.15) is 5.75 Å². The monoisotopic (exact) mass is 443 g/mol. The van der Waals surface area contributed by atoms with Crippen molar-refractivity contribution >= 4 is 50.5 Å². The van der Waals surface area contributed by atoms with Crippen molar-refractivity contribution in [3.05, 3.63) is 46.4 Å². The van der Waals surface area contributed by atoms with E-state index in [0.29, 0.717) is 22.1 Å². The van der Waals surface area contributed by atoms with Crippen molar-refractivity contribution in [3.63, 3.8) is 0 Å². The fourth-order valence-corrected chi connectivity index (χ4v) is 4.13. The number of methoxy groups -OCH3 is 1. The molecule has 1 amide bonds. The minimum Gasteiger partial charge on any atom is -0.495 e. The number of benzene rings is 2. The van der Waals surface area contributed by atoms with Gasteiger partial charge in [-0.1, -0.05) is 29.3 Å². The Kier molecular flexibility index (Phi) is 6.34. The highest BCUT2D eigenvalue weighted by atomic mass is 35.5. The Morgan fingerprint density at radius 1 is 1.18 bits per heavy atom. The summed E-state index contributed by atoms with van der Waals surface area (Å²) in [6.07, 6.45) is 1.68. The molecule has 3 N–H and O–H groups in total. The molecule has 1 saturated carbocycles. The van der Waals surface area contributed by atoms with Crippen LogP contribution in [-0.2, 0) is 14.8 Å². The Bertz CT molecular complexity index is 994. The van der Waals surface area contributed by atoms with Crippen molar-refractivity contribution < 1.29 is 17.9 Å². The molecule has 0 radical (unpaired) electrons. The third kappa shape index (κ3) is 5.08. The number of carbonyl (C=O) groups is 1. The van der Waals surface area contributed by atoms with Crippen LogP contribution in [-0.4, -0.2) is 34.0 Å². The van der Waals surface area contributed by atoms with E-state index in [0.717, 1.165) is 12.8 Å². The zero-order chi connectivity index (χ0) is 20.3. The van der Waals surface area contributed by atoms with E-state index in [-0.39, 0.29) is 28.4 Å². The standard InChI is InChI=1S/C18H19Cl2N3O4S/c1-27-16-8-7-12(28(25,26)23-11-5-6-11)9-15(16)21-10-17(24)22-14-4-2-3-13(19)18(14)20/h2-4,7-9,11,21,23H,5-6,10H2,1H3,(H,22,24). The van der Waals surface area contributed by atoms with E-state index >= 15 is 0 Å². The van der Waals surface area contributed by atoms with Crippen molar-refractivity contribution in [2.45, 2.75) is 23.8 Å². The number of anilines is 2. The topological polar surface area (TPSA) is 96.5 Å². The fraction of sp³-hybridized carbons (Fsp3) is 0.278. The van der Waals surface area contributed by atoms with Crippen molar-refractivity contribution in [1.29, 1.82) is 0 Å². The minimum atomic E-state index is -3.62. The van der Waals surface area contributed by atoms with Gasteiger partial charge in [-0.3, -0.25) is 4.79 Å². The van der Waals surface area contributed by atoms with E-state index < -0.39 is 10.0 Å². The number of nitrogens with one attached hydrogen (secondary N) is 3. The second kappa shape index (κ2) is 8.57. The lowest BCUT2D eigenvalue weighted by atomic mass is 10.3. The number of hydrogen-bond acceptors (Lipinski definition) is 5. The van der Waals surface area contributed by atoms with E-state index in [4.69, 9.17) is 27.9 Å². The van der Waals surface area contributed by atoms with Crippen LogP contribution in [0.5, 0.6) is 5.75 Å². The van der Waals surface area contributed by atoms with Gasteiger partial charge in [0.15, 0.2) is 0 Å². The van der Waals surface area contributed by atoms with Crippen LogP contribution in [0.25, 0.3) is 0 Å². The minimum absolute atomic E-state index is 0.00302. The number of ether oxygens (including phenoxy) is 1. The van der Waals surface area contributed by atoms with Gasteiger partial charge in [-0.2, -0.15) is 0 Å². The molecule has 0 heterocycles. The third-order valence-corrected chi connectivity index (χ3v) is 6.38. The van der Waals surface area contributed by atoms with E-state index in [9.17, 15) is 13.2 Å². The maximum absolute atomic E-state index is 12.4. The largest absolute Gasteiger partial charge is 0.495 e. The highest BCUT2D eigenvalue weighted by molar-refractivity contribution is 7.89. The summed E-state index contributed by atoms with van der Waals surface area (Å²) in [4.78, 5) is 12.3. The smallest absolute Gasteiger partial charge is 0.243 e. The van der Waals surface area contributed by atoms with Crippen LogP contribution in [0.15, 0.2) is 41.3 Å². The molecule has 0 aliphatic heterocycles. The lowest BCUT2D eigenvalue weighted by Crippen LogP contribution is -2.26. The van der Waals surface area contributed by atoms with Gasteiger partial charge in [0.05, 0.1) is 40.0 Å². The van der Waals surface area contributed by atoms with E-state index in [1.807, 2.05) is 0 Å². The summed E-state index contributed by atoms with van der Waals surface area (Å²) in [5.41, 5.74) is 0.770. The van der Waals surface area contributed by atoms with Gasteiger partial charge in [-0.05, 0) is 43.2 Å². The first-order chi connectivity index (χ1) is 13.3. The molecular formula is C18H19Cl2N3O4S. The summed E-state index contributed by atoms with van der Waals surface area (Å²) in [7, 11) is -2.16. The Morgan fingerprint density at radius 2 is 1.93 bits per heavy atom. The normalized spacial score (nSPS) is 13.8. The Balaban J connectivity index is 1.71. The molecule has 150 valence electrons. The van der Waals surface area contributed by atoms with Crippen molar-refractivity contribution in [2.24, 2.45) is 0 Å². The molecular weight excluding hydrogens is 425 g/mol. The molecule has 1 aliphatic rings. The molecule has 0 unspecified atom stereocenters. The van der Waals surface area contributed by atoms with Crippen LogP contribution in [0, 0.1) is 0 Å². The predicted octanol–water partition coefficient (Wildman–Crippen LogP) is 3.49. The lowest BCUT2D eigenvalue weighted by Gasteiger charge is -2.14. The quantitative estimate of drug-likeness (QED) is 0.579. The number of halogens is 2. The third-order valence-electron chi connectivity index (χ3n) is 4.05. The molecule has 1 aliphatic carbocycles. The second-order valence-corrected chi connectivity index (χ2v) is 8.76. The molecule has 28 heavy (non-hydrogen) atoms. The number of rotatable bonds is 8. The summed E-state index contributed by atoms with van der Waals surface area (Å²) in [5, 5.41) is 6.12. The first-order valence-electron chi connectivity index (χ1n) is 8.48. The van der Waals surface area contributed by atoms with E-state index in [1.165, 1.54) is 25.3 Å². The van der Waals surface area contributed by atoms with Crippen molar-refractivity contribution in [3.8, 4) is 5.75 Å². The molecule has 0 aromatic heterocycles. The van der Waals surface area contributed by atoms with Crippen LogP contribution in [0.4, 0.5) is 11.4 Å². The number of hydrogen-bond donors (Lipinski definition) is 3. The number of carbonyl (C=O) groups excluding carboxylic acids is 1. The molecule has 0 atom stereocenters. The fourth-order valence-electron chi connectivity index (χ4n) is 2.45. The number of sulfonamides is 1. The van der Waals surface area contributed by atoms with Crippen LogP contribution in [0.1, 0.15) is 12.8 Å². The first kappa shape index (κ1) is 20.7. The van der Waals surface area contributed by atoms with Crippen LogP contribution < -0.4 is 20.1 Å². The van der Waals surface area contributed by atoms with Crippen LogP contribution in [0.2, 0.25) is 10.0 Å². The zero-order valence-corrected chi connectivity index (χ0v) is 17.3. The SMILES string of the molecule is COc1ccc(S(=O)(=O)NC2CC2)cc1NCC(=O)Nc1cccc(Cl)c1Cl. The second-order valence-electron chi connectivity index (χ2n) is 6.26. The summed E-state index contributed by atoms with van der Waals surface area (Å²) < 4.78 is 32.7. The average molecular weight is 444 g/mol. The number of amides is 1. The molecule has 2 aromatic rings. The molecule has 10 heteroatoms. The van der Waals surface area contributed by atoms with Crippen LogP contribution in [0.3, 0.4) is 0 Å². The van der Waals surface area contributed by atoms with Gasteiger partial charge >= 0.3 is 0 Å². The van der Waals surface area contributed by atoms with Gasteiger partial charge in [0, 0.05) is 6.04 Å². The molecule has 0 bridgehead atoms. The van der Waals surface area contributed by atoms with Crippen molar-refractivity contribution in [1.82, 2.24) is 4.72 Å². The molecule has 0 saturated heterocycles. The summed E-state index contributed by atoms with van der Waals surface area (Å²) in [6, 6.07) is 9.34. The molecule has 7 nitrogen and oxygen atoms in total. The lowest BCUT2D eigenvalue weighted by molar-refractivity contribution is -0.114. The molecule has 0 spiro atoms. The summed E-state index contributed by atoms with van der Waals surface area (Å²) in [6.45, 7) is -0.126. The summed E-state index contributed by atoms with van der Waals surface area (Å²) in [5.74, 6) is 0.0366. The maximum Gasteiger partial charge on any atom is 0.243 e. The van der Waals surface area contributed by atoms with Crippen LogP contribution >= 0.6 is 23.2 Å². The van der Waals surface area contributed by atoms with E-state index in [1.54, 1.807) is 18.2 Å². The Labute approximate surface area is 173 Å². The van der Waals surface area contributed by atoms with Crippen molar-refractivity contribution in [2.75, 3.05) is 24.3 Å². The van der Waals surface area contributed by atoms with Gasteiger partial charge in [0.2, 0.25) is 15.9 Å². The van der Waals surface area contributed by atoms with Gasteiger partial charge in [0.25, 0.3) is 0 Å². The van der Waals surface area contributed by atoms with Gasteiger partial charge < -0.3 is 15.4 Å². The summed E-state index contributed by atoms with van der Waals surface area (Å²) >= 11 is 12.0. The first-order valence-corrected chi connectivity index (χ1v) is 10.7. The predicted molar refractivity (Wildman–Crippen MR) is 110 cm³/mol. The Hall–Kier alpha value is -2.00. The van der Waals surface area contributed by atoms with Gasteiger partial charge in [-0.15, -0.1) is 0 Å². The Morgan fingerprint density at radius 3 is 2.61 bits per heavy atom. The molecule has 3 rings (SSSR count). The molecule has 1 fully saturated rings. The highest BCUT2D eigenvalue weighted by Gasteiger charge is 2.28. The molecule has 2 aromatic carbocycles. The van der Waals surface area contributed by atoms with E-state index in [2.05, 4.69) is 15.4 Å².